The zero-order valence-electron chi connectivity index (χ0n) is 7.62. The van der Waals surface area contributed by atoms with E-state index in [0.29, 0.717) is 0 Å². The highest BCUT2D eigenvalue weighted by atomic mass is 35.5. The molecular weight excluding hydrogens is 276 g/mol. The van der Waals surface area contributed by atoms with Gasteiger partial charge in [0.2, 0.25) is 6.39 Å². The number of sulfonamides is 1. The topological polar surface area (TPSA) is 98.0 Å². The first-order valence-corrected chi connectivity index (χ1v) is 6.62. The van der Waals surface area contributed by atoms with Crippen molar-refractivity contribution in [3.63, 3.8) is 0 Å². The van der Waals surface area contributed by atoms with Crippen LogP contribution in [0.2, 0.25) is 4.47 Å². The van der Waals surface area contributed by atoms with Gasteiger partial charge in [-0.05, 0) is 0 Å². The Labute approximate surface area is 99.5 Å². The van der Waals surface area contributed by atoms with E-state index in [1.54, 1.807) is 0 Å². The molecule has 86 valence electrons. The highest BCUT2D eigenvalue weighted by Crippen LogP contribution is 2.22. The Hall–Kier alpha value is -1.03. The quantitative estimate of drug-likeness (QED) is 0.883. The molecule has 0 atom stereocenters. The fourth-order valence-electron chi connectivity index (χ4n) is 0.864. The summed E-state index contributed by atoms with van der Waals surface area (Å²) < 4.78 is 30.3. The van der Waals surface area contributed by atoms with E-state index in [1.807, 2.05) is 0 Å². The monoisotopic (exact) mass is 280 g/mol. The lowest BCUT2D eigenvalue weighted by atomic mass is 10.6. The Morgan fingerprint density at radius 2 is 2.31 bits per heavy atom. The molecule has 1 N–H and O–H groups in total. The number of thiazole rings is 1. The van der Waals surface area contributed by atoms with E-state index in [0.717, 1.165) is 17.7 Å². The predicted octanol–water partition coefficient (Wildman–Crippen LogP) is 0.658. The van der Waals surface area contributed by atoms with Gasteiger partial charge in [-0.15, -0.1) is 0 Å². The molecule has 0 aliphatic carbocycles. The number of nitrogens with zero attached hydrogens (tertiary/aromatic N) is 3. The summed E-state index contributed by atoms with van der Waals surface area (Å²) in [5.41, 5.74) is 0. The van der Waals surface area contributed by atoms with Crippen LogP contribution in [0.4, 0.5) is 0 Å². The van der Waals surface area contributed by atoms with Crippen molar-refractivity contribution in [2.24, 2.45) is 0 Å². The Bertz CT molecular complexity index is 564. The molecule has 7 nitrogen and oxygen atoms in total. The molecule has 0 saturated heterocycles. The molecule has 0 aliphatic heterocycles. The van der Waals surface area contributed by atoms with Crippen LogP contribution in [0.5, 0.6) is 0 Å². The molecule has 2 aromatic heterocycles. The van der Waals surface area contributed by atoms with Gasteiger partial charge in [0, 0.05) is 0 Å². The van der Waals surface area contributed by atoms with E-state index in [2.05, 4.69) is 24.4 Å². The largest absolute Gasteiger partial charge is 0.343 e. The molecule has 0 bridgehead atoms. The molecule has 0 spiro atoms. The lowest BCUT2D eigenvalue weighted by Crippen LogP contribution is -2.22. The Kier molecular flexibility index (Phi) is 3.19. The van der Waals surface area contributed by atoms with E-state index >= 15 is 0 Å². The van der Waals surface area contributed by atoms with E-state index < -0.39 is 10.0 Å². The molecular formula is C6H5ClN4O3S2. The lowest BCUT2D eigenvalue weighted by molar-refractivity contribution is 0.409. The second-order valence-electron chi connectivity index (χ2n) is 2.60. The third-order valence-corrected chi connectivity index (χ3v) is 4.53. The first kappa shape index (κ1) is 11.5. The molecule has 0 saturated carbocycles. The summed E-state index contributed by atoms with van der Waals surface area (Å²) in [4.78, 5) is 7.32. The molecule has 0 fully saturated rings. The molecule has 10 heteroatoms. The van der Waals surface area contributed by atoms with Gasteiger partial charge in [0.15, 0.2) is 14.5 Å². The second kappa shape index (κ2) is 4.45. The van der Waals surface area contributed by atoms with Crippen molar-refractivity contribution in [2.45, 2.75) is 10.8 Å². The van der Waals surface area contributed by atoms with Crippen molar-refractivity contribution in [1.29, 1.82) is 0 Å². The van der Waals surface area contributed by atoms with Crippen LogP contribution in [0.1, 0.15) is 5.82 Å². The van der Waals surface area contributed by atoms with Gasteiger partial charge in [-0.25, -0.2) is 18.1 Å². The van der Waals surface area contributed by atoms with Crippen molar-refractivity contribution in [3.05, 3.63) is 22.9 Å². The minimum Gasteiger partial charge on any atom is -0.343 e. The number of hydrogen-bond donors (Lipinski definition) is 1. The summed E-state index contributed by atoms with van der Waals surface area (Å²) >= 11 is 6.41. The molecule has 2 heterocycles. The average molecular weight is 281 g/mol. The normalized spacial score (nSPS) is 11.8. The highest BCUT2D eigenvalue weighted by molar-refractivity contribution is 7.91. The number of rotatable bonds is 4. The van der Waals surface area contributed by atoms with Gasteiger partial charge < -0.3 is 4.52 Å². The predicted molar refractivity (Wildman–Crippen MR) is 55.4 cm³/mol. The number of nitrogens with one attached hydrogen (secondary N) is 1. The summed E-state index contributed by atoms with van der Waals surface area (Å²) in [5.74, 6) is 0.249. The molecule has 0 radical (unpaired) electrons. The summed E-state index contributed by atoms with van der Waals surface area (Å²) in [6.07, 6.45) is 2.30. The number of hydrogen-bond acceptors (Lipinski definition) is 7. The van der Waals surface area contributed by atoms with Gasteiger partial charge in [0.05, 0.1) is 12.7 Å². The molecule has 16 heavy (non-hydrogen) atoms. The number of halogens is 1. The van der Waals surface area contributed by atoms with Gasteiger partial charge in [0.25, 0.3) is 10.0 Å². The first-order valence-electron chi connectivity index (χ1n) is 3.94. The van der Waals surface area contributed by atoms with Crippen LogP contribution in [-0.2, 0) is 16.6 Å². The zero-order chi connectivity index (χ0) is 11.6. The summed E-state index contributed by atoms with van der Waals surface area (Å²) in [6, 6.07) is 0. The van der Waals surface area contributed by atoms with Crippen LogP contribution in [-0.4, -0.2) is 23.5 Å². The minimum absolute atomic E-state index is 0.0426. The molecule has 0 unspecified atom stereocenters. The van der Waals surface area contributed by atoms with E-state index in [4.69, 9.17) is 11.6 Å². The maximum atomic E-state index is 11.7. The van der Waals surface area contributed by atoms with Crippen LogP contribution in [0.3, 0.4) is 0 Å². The smallest absolute Gasteiger partial charge is 0.252 e. The molecule has 2 aromatic rings. The van der Waals surface area contributed by atoms with Crippen LogP contribution in [0.25, 0.3) is 0 Å². The number of aromatic nitrogens is 3. The van der Waals surface area contributed by atoms with Gasteiger partial charge in [-0.2, -0.15) is 4.98 Å². The van der Waals surface area contributed by atoms with Crippen molar-refractivity contribution in [3.8, 4) is 0 Å². The van der Waals surface area contributed by atoms with Crippen molar-refractivity contribution >= 4 is 33.0 Å². The Morgan fingerprint density at radius 3 is 2.88 bits per heavy atom. The molecule has 0 aliphatic rings. The van der Waals surface area contributed by atoms with Gasteiger partial charge in [-0.1, -0.05) is 28.1 Å². The summed E-state index contributed by atoms with van der Waals surface area (Å²) in [5, 5.41) is 3.47. The van der Waals surface area contributed by atoms with Crippen LogP contribution in [0.15, 0.2) is 21.3 Å². The fourth-order valence-corrected chi connectivity index (χ4v) is 3.18. The molecule has 0 aromatic carbocycles. The Balaban J connectivity index is 2.09. The van der Waals surface area contributed by atoms with E-state index in [1.165, 1.54) is 6.20 Å². The standard InChI is InChI=1S/C6H5ClN4O3S2/c7-6-8-2-5(15-6)16(12,13)10-1-4-9-3-14-11-4/h2-3,10H,1H2. The summed E-state index contributed by atoms with van der Waals surface area (Å²) in [6.45, 7) is -0.0473. The van der Waals surface area contributed by atoms with E-state index in [9.17, 15) is 8.42 Å². The summed E-state index contributed by atoms with van der Waals surface area (Å²) in [7, 11) is -3.62. The van der Waals surface area contributed by atoms with Gasteiger partial charge in [0.1, 0.15) is 0 Å². The fraction of sp³-hybridized carbons (Fsp3) is 0.167. The van der Waals surface area contributed by atoms with Crippen molar-refractivity contribution < 1.29 is 12.9 Å². The molecule has 0 amide bonds. The maximum Gasteiger partial charge on any atom is 0.252 e. The maximum absolute atomic E-state index is 11.7. The Morgan fingerprint density at radius 1 is 1.50 bits per heavy atom. The van der Waals surface area contributed by atoms with Crippen molar-refractivity contribution in [2.75, 3.05) is 0 Å². The van der Waals surface area contributed by atoms with Crippen molar-refractivity contribution in [1.82, 2.24) is 19.8 Å². The minimum atomic E-state index is -3.62. The van der Waals surface area contributed by atoms with Crippen LogP contribution >= 0.6 is 22.9 Å². The van der Waals surface area contributed by atoms with Gasteiger partial charge >= 0.3 is 0 Å². The van der Waals surface area contributed by atoms with Crippen LogP contribution in [0, 0.1) is 0 Å². The van der Waals surface area contributed by atoms with Crippen LogP contribution < -0.4 is 4.72 Å². The average Bonchev–Trinajstić information content (AvgIpc) is 2.85. The third-order valence-electron chi connectivity index (χ3n) is 1.55. The van der Waals surface area contributed by atoms with Gasteiger partial charge in [-0.3, -0.25) is 0 Å². The lowest BCUT2D eigenvalue weighted by Gasteiger charge is -1.99. The zero-order valence-corrected chi connectivity index (χ0v) is 10.0. The molecule has 2 rings (SSSR count). The second-order valence-corrected chi connectivity index (χ2v) is 6.21. The SMILES string of the molecule is O=S(=O)(NCc1ncon1)c1cnc(Cl)s1. The first-order chi connectivity index (χ1) is 7.58. The van der Waals surface area contributed by atoms with E-state index in [-0.39, 0.29) is 21.0 Å². The third kappa shape index (κ3) is 2.55. The highest BCUT2D eigenvalue weighted by Gasteiger charge is 2.17.